The maximum atomic E-state index is 12.0. The molecule has 0 bridgehead atoms. The maximum absolute atomic E-state index is 12.0. The minimum atomic E-state index is -3.39. The van der Waals surface area contributed by atoms with Gasteiger partial charge in [0.05, 0.1) is 5.60 Å². The molecule has 0 amide bonds. The Balaban J connectivity index is 1.85. The molecule has 1 heterocycles. The fraction of sp³-hybridized carbons (Fsp3) is 1.00. The van der Waals surface area contributed by atoms with E-state index in [-0.39, 0.29) is 6.54 Å². The minimum Gasteiger partial charge on any atom is -0.389 e. The van der Waals surface area contributed by atoms with Gasteiger partial charge in [0.1, 0.15) is 0 Å². The third-order valence-electron chi connectivity index (χ3n) is 3.95. The van der Waals surface area contributed by atoms with Gasteiger partial charge in [0.15, 0.2) is 0 Å². The molecule has 1 aliphatic carbocycles. The van der Waals surface area contributed by atoms with Crippen LogP contribution in [0.4, 0.5) is 0 Å². The van der Waals surface area contributed by atoms with Gasteiger partial charge in [0.2, 0.25) is 0 Å². The van der Waals surface area contributed by atoms with Crippen molar-refractivity contribution in [2.45, 2.75) is 44.6 Å². The summed E-state index contributed by atoms with van der Waals surface area (Å²) in [5.74, 6) is 0.609. The Hall–Kier alpha value is -0.170. The third-order valence-corrected chi connectivity index (χ3v) is 5.50. The van der Waals surface area contributed by atoms with Crippen molar-refractivity contribution >= 4 is 10.2 Å². The number of aliphatic hydroxyl groups is 1. The van der Waals surface area contributed by atoms with Crippen LogP contribution >= 0.6 is 0 Å². The average molecular weight is 262 g/mol. The van der Waals surface area contributed by atoms with E-state index in [2.05, 4.69) is 11.6 Å². The van der Waals surface area contributed by atoms with Crippen molar-refractivity contribution in [3.05, 3.63) is 0 Å². The first-order chi connectivity index (χ1) is 7.91. The maximum Gasteiger partial charge on any atom is 0.279 e. The summed E-state index contributed by atoms with van der Waals surface area (Å²) in [6.45, 7) is 3.49. The zero-order valence-electron chi connectivity index (χ0n) is 10.4. The molecule has 2 N–H and O–H groups in total. The van der Waals surface area contributed by atoms with E-state index in [9.17, 15) is 13.5 Å². The molecule has 0 aromatic carbocycles. The third kappa shape index (κ3) is 3.19. The normalized spacial score (nSPS) is 26.7. The Kier molecular flexibility index (Phi) is 3.77. The van der Waals surface area contributed by atoms with E-state index in [4.69, 9.17) is 0 Å². The van der Waals surface area contributed by atoms with Crippen molar-refractivity contribution in [2.24, 2.45) is 5.92 Å². The van der Waals surface area contributed by atoms with Gasteiger partial charge in [-0.2, -0.15) is 17.4 Å². The summed E-state index contributed by atoms with van der Waals surface area (Å²) < 4.78 is 28.0. The van der Waals surface area contributed by atoms with Gasteiger partial charge in [-0.05, 0) is 38.0 Å². The smallest absolute Gasteiger partial charge is 0.279 e. The summed E-state index contributed by atoms with van der Waals surface area (Å²) in [6.07, 6.45) is 4.23. The van der Waals surface area contributed by atoms with Crippen molar-refractivity contribution < 1.29 is 13.5 Å². The van der Waals surface area contributed by atoms with E-state index in [0.29, 0.717) is 31.8 Å². The highest BCUT2D eigenvalue weighted by atomic mass is 32.2. The zero-order chi connectivity index (χ0) is 12.5. The van der Waals surface area contributed by atoms with E-state index >= 15 is 0 Å². The van der Waals surface area contributed by atoms with Gasteiger partial charge in [-0.3, -0.25) is 0 Å². The Morgan fingerprint density at radius 1 is 1.35 bits per heavy atom. The standard InChI is InChI=1S/C11H22N2O3S/c1-10-3-7-13(8-4-10)17(15,16)12-9-11(14)5-2-6-11/h10,12,14H,2-9H2,1H3. The lowest BCUT2D eigenvalue weighted by Gasteiger charge is -2.37. The molecule has 2 fully saturated rings. The van der Waals surface area contributed by atoms with Gasteiger partial charge in [0.25, 0.3) is 10.2 Å². The summed E-state index contributed by atoms with van der Waals surface area (Å²) in [6, 6.07) is 0. The molecule has 5 nitrogen and oxygen atoms in total. The summed E-state index contributed by atoms with van der Waals surface area (Å²) >= 11 is 0. The van der Waals surface area contributed by atoms with E-state index in [1.165, 1.54) is 4.31 Å². The van der Waals surface area contributed by atoms with Crippen LogP contribution in [0.3, 0.4) is 0 Å². The Morgan fingerprint density at radius 3 is 2.41 bits per heavy atom. The van der Waals surface area contributed by atoms with Crippen LogP contribution in [0.25, 0.3) is 0 Å². The van der Waals surface area contributed by atoms with Crippen molar-refractivity contribution in [1.29, 1.82) is 0 Å². The van der Waals surface area contributed by atoms with Gasteiger partial charge < -0.3 is 5.11 Å². The van der Waals surface area contributed by atoms with Crippen LogP contribution in [-0.4, -0.2) is 43.1 Å². The summed E-state index contributed by atoms with van der Waals surface area (Å²) in [5.41, 5.74) is -0.795. The lowest BCUT2D eigenvalue weighted by molar-refractivity contribution is -0.0273. The monoisotopic (exact) mass is 262 g/mol. The second-order valence-electron chi connectivity index (χ2n) is 5.49. The van der Waals surface area contributed by atoms with Gasteiger partial charge in [0, 0.05) is 19.6 Å². The van der Waals surface area contributed by atoms with Crippen LogP contribution in [0.1, 0.15) is 39.0 Å². The van der Waals surface area contributed by atoms with Crippen LogP contribution in [-0.2, 0) is 10.2 Å². The first-order valence-corrected chi connectivity index (χ1v) is 7.82. The molecular weight excluding hydrogens is 240 g/mol. The fourth-order valence-electron chi connectivity index (χ4n) is 2.30. The number of nitrogens with one attached hydrogen (secondary N) is 1. The quantitative estimate of drug-likeness (QED) is 0.773. The predicted octanol–water partition coefficient (Wildman–Crippen LogP) is 0.468. The van der Waals surface area contributed by atoms with Gasteiger partial charge in [-0.25, -0.2) is 0 Å². The highest BCUT2D eigenvalue weighted by Gasteiger charge is 2.36. The van der Waals surface area contributed by atoms with E-state index in [1.54, 1.807) is 0 Å². The Morgan fingerprint density at radius 2 is 1.94 bits per heavy atom. The number of piperidine rings is 1. The molecular formula is C11H22N2O3S. The molecule has 0 atom stereocenters. The van der Waals surface area contributed by atoms with Crippen LogP contribution < -0.4 is 4.72 Å². The highest BCUT2D eigenvalue weighted by molar-refractivity contribution is 7.87. The number of nitrogens with zero attached hydrogens (tertiary/aromatic N) is 1. The molecule has 1 saturated heterocycles. The molecule has 0 aromatic heterocycles. The molecule has 0 unspecified atom stereocenters. The molecule has 0 spiro atoms. The van der Waals surface area contributed by atoms with Crippen molar-refractivity contribution in [3.63, 3.8) is 0 Å². The second-order valence-corrected chi connectivity index (χ2v) is 7.24. The lowest BCUT2D eigenvalue weighted by Crippen LogP contribution is -2.52. The Bertz CT molecular complexity index is 357. The van der Waals surface area contributed by atoms with Crippen molar-refractivity contribution in [2.75, 3.05) is 19.6 Å². The van der Waals surface area contributed by atoms with Gasteiger partial charge in [-0.15, -0.1) is 0 Å². The van der Waals surface area contributed by atoms with Crippen molar-refractivity contribution in [1.82, 2.24) is 9.03 Å². The van der Waals surface area contributed by atoms with E-state index in [1.807, 2.05) is 0 Å². The van der Waals surface area contributed by atoms with Crippen molar-refractivity contribution in [3.8, 4) is 0 Å². The number of rotatable bonds is 4. The molecule has 100 valence electrons. The average Bonchev–Trinajstić information content (AvgIpc) is 2.24. The first-order valence-electron chi connectivity index (χ1n) is 6.38. The van der Waals surface area contributed by atoms with Crippen LogP contribution in [0, 0.1) is 5.92 Å². The second kappa shape index (κ2) is 4.84. The van der Waals surface area contributed by atoms with E-state index in [0.717, 1.165) is 19.3 Å². The summed E-state index contributed by atoms with van der Waals surface area (Å²) in [7, 11) is -3.39. The molecule has 6 heteroatoms. The Labute approximate surface area is 103 Å². The molecule has 0 aromatic rings. The topological polar surface area (TPSA) is 69.6 Å². The molecule has 17 heavy (non-hydrogen) atoms. The van der Waals surface area contributed by atoms with Crippen LogP contribution in [0.2, 0.25) is 0 Å². The molecule has 2 rings (SSSR count). The predicted molar refractivity (Wildman–Crippen MR) is 65.7 cm³/mol. The molecule has 1 saturated carbocycles. The number of hydrogen-bond acceptors (Lipinski definition) is 3. The summed E-state index contributed by atoms with van der Waals surface area (Å²) in [5, 5.41) is 9.87. The molecule has 2 aliphatic rings. The van der Waals surface area contributed by atoms with Gasteiger partial charge >= 0.3 is 0 Å². The molecule has 0 radical (unpaired) electrons. The van der Waals surface area contributed by atoms with Crippen LogP contribution in [0.5, 0.6) is 0 Å². The highest BCUT2D eigenvalue weighted by Crippen LogP contribution is 2.31. The largest absolute Gasteiger partial charge is 0.389 e. The fourth-order valence-corrected chi connectivity index (χ4v) is 3.63. The lowest BCUT2D eigenvalue weighted by atomic mass is 9.81. The number of hydrogen-bond donors (Lipinski definition) is 2. The zero-order valence-corrected chi connectivity index (χ0v) is 11.2. The minimum absolute atomic E-state index is 0.154. The van der Waals surface area contributed by atoms with Gasteiger partial charge in [-0.1, -0.05) is 6.92 Å². The summed E-state index contributed by atoms with van der Waals surface area (Å²) in [4.78, 5) is 0. The SMILES string of the molecule is CC1CCN(S(=O)(=O)NCC2(O)CCC2)CC1. The van der Waals surface area contributed by atoms with E-state index < -0.39 is 15.8 Å². The first kappa shape index (κ1) is 13.3. The van der Waals surface area contributed by atoms with Crippen LogP contribution in [0.15, 0.2) is 0 Å². The molecule has 1 aliphatic heterocycles.